The molecular formula is C23H28N4O4S. The highest BCUT2D eigenvalue weighted by atomic mass is 32.2. The van der Waals surface area contributed by atoms with E-state index in [0.29, 0.717) is 34.8 Å². The Morgan fingerprint density at radius 1 is 1.03 bits per heavy atom. The van der Waals surface area contributed by atoms with Gasteiger partial charge in [-0.2, -0.15) is 0 Å². The number of ether oxygens (including phenoxy) is 3. The van der Waals surface area contributed by atoms with Crippen LogP contribution < -0.4 is 19.5 Å². The molecule has 9 heteroatoms. The summed E-state index contributed by atoms with van der Waals surface area (Å²) < 4.78 is 18.3. The number of methoxy groups -OCH3 is 3. The van der Waals surface area contributed by atoms with Gasteiger partial charge in [-0.25, -0.2) is 0 Å². The largest absolute Gasteiger partial charge is 0.493 e. The summed E-state index contributed by atoms with van der Waals surface area (Å²) in [7, 11) is 4.70. The molecule has 2 aromatic carbocycles. The summed E-state index contributed by atoms with van der Waals surface area (Å²) in [5.74, 6) is 2.37. The van der Waals surface area contributed by atoms with Gasteiger partial charge in [-0.15, -0.1) is 10.2 Å². The van der Waals surface area contributed by atoms with Gasteiger partial charge in [-0.05, 0) is 50.1 Å². The van der Waals surface area contributed by atoms with E-state index in [2.05, 4.69) is 15.5 Å². The van der Waals surface area contributed by atoms with E-state index in [1.54, 1.807) is 21.3 Å². The number of carbonyl (C=O) groups excluding carboxylic acids is 1. The number of aryl methyl sites for hydroxylation is 2. The summed E-state index contributed by atoms with van der Waals surface area (Å²) in [5, 5.41) is 12.3. The van der Waals surface area contributed by atoms with Crippen molar-refractivity contribution in [1.82, 2.24) is 14.8 Å². The van der Waals surface area contributed by atoms with Crippen LogP contribution in [0.25, 0.3) is 11.4 Å². The standard InChI is InChI=1S/C23H28N4O4S/c1-7-27-22(16-11-18(29-4)21(31-6)19(12-16)30-5)25-26-23(27)32-13-20(28)24-17-10-14(2)8-9-15(17)3/h8-12H,7,13H2,1-6H3,(H,24,28). The maximum atomic E-state index is 12.5. The van der Waals surface area contributed by atoms with Crippen molar-refractivity contribution in [3.05, 3.63) is 41.5 Å². The van der Waals surface area contributed by atoms with E-state index in [4.69, 9.17) is 14.2 Å². The maximum Gasteiger partial charge on any atom is 0.234 e. The Morgan fingerprint density at radius 3 is 2.31 bits per heavy atom. The van der Waals surface area contributed by atoms with Crippen LogP contribution in [0.3, 0.4) is 0 Å². The molecule has 8 nitrogen and oxygen atoms in total. The number of hydrogen-bond donors (Lipinski definition) is 1. The zero-order chi connectivity index (χ0) is 23.3. The third kappa shape index (κ3) is 4.99. The van der Waals surface area contributed by atoms with Gasteiger partial charge in [-0.1, -0.05) is 23.9 Å². The molecule has 0 aliphatic rings. The molecule has 32 heavy (non-hydrogen) atoms. The van der Waals surface area contributed by atoms with Crippen molar-refractivity contribution in [3.63, 3.8) is 0 Å². The van der Waals surface area contributed by atoms with Crippen LogP contribution >= 0.6 is 11.8 Å². The quantitative estimate of drug-likeness (QED) is 0.479. The topological polar surface area (TPSA) is 87.5 Å². The molecule has 0 unspecified atom stereocenters. The number of thioether (sulfide) groups is 1. The Labute approximate surface area is 192 Å². The van der Waals surface area contributed by atoms with Crippen LogP contribution in [0.2, 0.25) is 0 Å². The third-order valence-corrected chi connectivity index (χ3v) is 5.92. The van der Waals surface area contributed by atoms with E-state index in [9.17, 15) is 4.79 Å². The van der Waals surface area contributed by atoms with E-state index in [1.165, 1.54) is 11.8 Å². The van der Waals surface area contributed by atoms with Gasteiger partial charge in [-0.3, -0.25) is 4.79 Å². The number of aromatic nitrogens is 3. The fraction of sp³-hybridized carbons (Fsp3) is 0.348. The summed E-state index contributed by atoms with van der Waals surface area (Å²) >= 11 is 1.34. The zero-order valence-corrected chi connectivity index (χ0v) is 20.0. The number of amides is 1. The molecule has 0 aliphatic heterocycles. The van der Waals surface area contributed by atoms with Gasteiger partial charge in [0.15, 0.2) is 22.5 Å². The van der Waals surface area contributed by atoms with Crippen molar-refractivity contribution in [1.29, 1.82) is 0 Å². The van der Waals surface area contributed by atoms with E-state index in [-0.39, 0.29) is 11.7 Å². The van der Waals surface area contributed by atoms with Gasteiger partial charge >= 0.3 is 0 Å². The van der Waals surface area contributed by atoms with Gasteiger partial charge in [0.25, 0.3) is 0 Å². The number of carbonyl (C=O) groups is 1. The van der Waals surface area contributed by atoms with Crippen LogP contribution in [-0.2, 0) is 11.3 Å². The highest BCUT2D eigenvalue weighted by Crippen LogP contribution is 2.41. The lowest BCUT2D eigenvalue weighted by atomic mass is 10.1. The number of hydrogen-bond acceptors (Lipinski definition) is 7. The van der Waals surface area contributed by atoms with Crippen LogP contribution in [0.5, 0.6) is 17.2 Å². The third-order valence-electron chi connectivity index (χ3n) is 4.96. The van der Waals surface area contributed by atoms with E-state index in [0.717, 1.165) is 22.4 Å². The molecular weight excluding hydrogens is 428 g/mol. The van der Waals surface area contributed by atoms with Crippen molar-refractivity contribution >= 4 is 23.4 Å². The molecule has 0 spiro atoms. The molecule has 1 aromatic heterocycles. The zero-order valence-electron chi connectivity index (χ0n) is 19.2. The second-order valence-electron chi connectivity index (χ2n) is 7.12. The molecule has 0 bridgehead atoms. The molecule has 0 saturated heterocycles. The Kier molecular flexibility index (Phi) is 7.63. The van der Waals surface area contributed by atoms with Gasteiger partial charge < -0.3 is 24.1 Å². The van der Waals surface area contributed by atoms with Crippen molar-refractivity contribution in [3.8, 4) is 28.6 Å². The summed E-state index contributed by atoms with van der Waals surface area (Å²) in [4.78, 5) is 12.5. The van der Waals surface area contributed by atoms with Crippen molar-refractivity contribution in [2.24, 2.45) is 0 Å². The van der Waals surface area contributed by atoms with Crippen LogP contribution in [-0.4, -0.2) is 47.8 Å². The predicted molar refractivity (Wildman–Crippen MR) is 126 cm³/mol. The SMILES string of the molecule is CCn1c(SCC(=O)Nc2cc(C)ccc2C)nnc1-c1cc(OC)c(OC)c(OC)c1. The van der Waals surface area contributed by atoms with Crippen LogP contribution in [0.1, 0.15) is 18.1 Å². The van der Waals surface area contributed by atoms with Crippen LogP contribution in [0.4, 0.5) is 5.69 Å². The first-order chi connectivity index (χ1) is 15.4. The van der Waals surface area contributed by atoms with Crippen molar-refractivity contribution in [2.75, 3.05) is 32.4 Å². The Balaban J connectivity index is 1.81. The van der Waals surface area contributed by atoms with Gasteiger partial charge in [0, 0.05) is 17.8 Å². The fourth-order valence-corrected chi connectivity index (χ4v) is 4.09. The van der Waals surface area contributed by atoms with Gasteiger partial charge in [0.2, 0.25) is 11.7 Å². The Hall–Kier alpha value is -3.20. The second-order valence-corrected chi connectivity index (χ2v) is 8.06. The normalized spacial score (nSPS) is 10.7. The lowest BCUT2D eigenvalue weighted by molar-refractivity contribution is -0.113. The average Bonchev–Trinajstić information content (AvgIpc) is 3.21. The minimum Gasteiger partial charge on any atom is -0.493 e. The van der Waals surface area contributed by atoms with Crippen molar-refractivity contribution < 1.29 is 19.0 Å². The lowest BCUT2D eigenvalue weighted by Gasteiger charge is -2.14. The minimum absolute atomic E-state index is 0.0938. The first kappa shape index (κ1) is 23.5. The first-order valence-corrected chi connectivity index (χ1v) is 11.1. The lowest BCUT2D eigenvalue weighted by Crippen LogP contribution is -2.15. The summed E-state index contributed by atoms with van der Waals surface area (Å²) in [6, 6.07) is 9.65. The predicted octanol–water partition coefficient (Wildman–Crippen LogP) is 4.34. The molecule has 1 N–H and O–H groups in total. The summed E-state index contributed by atoms with van der Waals surface area (Å²) in [5.41, 5.74) is 3.72. The number of benzene rings is 2. The number of nitrogens with zero attached hydrogens (tertiary/aromatic N) is 3. The van der Waals surface area contributed by atoms with Crippen LogP contribution in [0, 0.1) is 13.8 Å². The number of anilines is 1. The highest BCUT2D eigenvalue weighted by Gasteiger charge is 2.19. The molecule has 170 valence electrons. The maximum absolute atomic E-state index is 12.5. The molecule has 3 rings (SSSR count). The first-order valence-electron chi connectivity index (χ1n) is 10.1. The molecule has 1 heterocycles. The van der Waals surface area contributed by atoms with Gasteiger partial charge in [0.1, 0.15) is 0 Å². The molecule has 1 amide bonds. The average molecular weight is 457 g/mol. The van der Waals surface area contributed by atoms with Crippen molar-refractivity contribution in [2.45, 2.75) is 32.5 Å². The Bertz CT molecular complexity index is 1090. The Morgan fingerprint density at radius 2 is 1.72 bits per heavy atom. The molecule has 0 radical (unpaired) electrons. The smallest absolute Gasteiger partial charge is 0.234 e. The second kappa shape index (κ2) is 10.4. The molecule has 0 aliphatic carbocycles. The number of nitrogens with one attached hydrogen (secondary N) is 1. The van der Waals surface area contributed by atoms with Crippen LogP contribution in [0.15, 0.2) is 35.5 Å². The summed E-state index contributed by atoms with van der Waals surface area (Å²) in [6.45, 7) is 6.61. The molecule has 0 saturated carbocycles. The van der Waals surface area contributed by atoms with Gasteiger partial charge in [0.05, 0.1) is 27.1 Å². The fourth-order valence-electron chi connectivity index (χ4n) is 3.29. The highest BCUT2D eigenvalue weighted by molar-refractivity contribution is 7.99. The van der Waals surface area contributed by atoms with E-state index >= 15 is 0 Å². The van der Waals surface area contributed by atoms with E-state index < -0.39 is 0 Å². The minimum atomic E-state index is -0.0938. The molecule has 0 fully saturated rings. The summed E-state index contributed by atoms with van der Waals surface area (Å²) in [6.07, 6.45) is 0. The number of rotatable bonds is 9. The van der Waals surface area contributed by atoms with E-state index in [1.807, 2.05) is 55.7 Å². The molecule has 0 atom stereocenters. The molecule has 3 aromatic rings. The monoisotopic (exact) mass is 456 g/mol.